The summed E-state index contributed by atoms with van der Waals surface area (Å²) in [6, 6.07) is 16.6. The van der Waals surface area contributed by atoms with Crippen molar-refractivity contribution in [2.75, 3.05) is 14.2 Å². The lowest BCUT2D eigenvalue weighted by Crippen LogP contribution is -2.63. The minimum atomic E-state index is -1.96. The van der Waals surface area contributed by atoms with E-state index in [1.807, 2.05) is 12.1 Å². The van der Waals surface area contributed by atoms with Crippen LogP contribution < -0.4 is 30.3 Å². The summed E-state index contributed by atoms with van der Waals surface area (Å²) in [4.78, 5) is 2.98. The van der Waals surface area contributed by atoms with Gasteiger partial charge in [0.2, 0.25) is 0 Å². The van der Waals surface area contributed by atoms with E-state index < -0.39 is 8.07 Å². The number of azide groups is 1. The van der Waals surface area contributed by atoms with Crippen LogP contribution in [-0.2, 0) is 0 Å². The van der Waals surface area contributed by atoms with Gasteiger partial charge in [0.1, 0.15) is 8.07 Å². The maximum absolute atomic E-state index is 9.03. The third-order valence-corrected chi connectivity index (χ3v) is 9.56. The molecule has 0 atom stereocenters. The van der Waals surface area contributed by atoms with Crippen molar-refractivity contribution < 1.29 is 9.47 Å². The van der Waals surface area contributed by atoms with Crippen molar-refractivity contribution in [3.05, 3.63) is 86.1 Å². The van der Waals surface area contributed by atoms with Gasteiger partial charge in [-0.25, -0.2) is 0 Å². The van der Waals surface area contributed by atoms with Crippen LogP contribution in [0.25, 0.3) is 22.6 Å². The van der Waals surface area contributed by atoms with Crippen molar-refractivity contribution in [2.24, 2.45) is 5.11 Å². The van der Waals surface area contributed by atoms with Gasteiger partial charge < -0.3 is 9.47 Å². The molecule has 6 heteroatoms. The second-order valence-electron chi connectivity index (χ2n) is 8.35. The maximum Gasteiger partial charge on any atom is 0.168 e. The van der Waals surface area contributed by atoms with Crippen LogP contribution >= 0.6 is 0 Å². The van der Waals surface area contributed by atoms with Crippen LogP contribution in [0.15, 0.2) is 53.6 Å². The van der Waals surface area contributed by atoms with E-state index in [-0.39, 0.29) is 0 Å². The van der Waals surface area contributed by atoms with Crippen LogP contribution in [0.4, 0.5) is 5.69 Å². The van der Waals surface area contributed by atoms with Gasteiger partial charge in [0, 0.05) is 16.2 Å². The molecule has 0 aliphatic carbocycles. The first-order chi connectivity index (χ1) is 14.8. The first-order valence-electron chi connectivity index (χ1n) is 10.1. The molecule has 31 heavy (non-hydrogen) atoms. The fourth-order valence-electron chi connectivity index (χ4n) is 4.54. The number of aryl methyl sites for hydroxylation is 1. The molecule has 0 N–H and O–H groups in total. The van der Waals surface area contributed by atoms with Crippen LogP contribution in [0.1, 0.15) is 16.7 Å². The number of hydrogen-bond acceptors (Lipinski definition) is 3. The van der Waals surface area contributed by atoms with Gasteiger partial charge in [-0.15, -0.1) is 0 Å². The van der Waals surface area contributed by atoms with Gasteiger partial charge in [0.25, 0.3) is 0 Å². The molecule has 0 fully saturated rings. The Bertz CT molecular complexity index is 1370. The van der Waals surface area contributed by atoms with Crippen LogP contribution in [0.5, 0.6) is 11.5 Å². The third-order valence-electron chi connectivity index (χ3n) is 6.04. The van der Waals surface area contributed by atoms with E-state index in [1.54, 1.807) is 20.3 Å². The van der Waals surface area contributed by atoms with Crippen LogP contribution in [-0.4, -0.2) is 22.3 Å². The number of ether oxygens (including phenoxy) is 2. The lowest BCUT2D eigenvalue weighted by molar-refractivity contribution is 0.354. The highest BCUT2D eigenvalue weighted by Gasteiger charge is 2.35. The minimum absolute atomic E-state index is 0.480. The molecule has 1 heterocycles. The van der Waals surface area contributed by atoms with E-state index in [2.05, 4.69) is 67.0 Å². The SMILES string of the molecule is C=c1ccc2c(c1)[Si](C)(C)c1cc(C)ccc1C=2c1cc(N=[N+]=[N-])cc(OC)c1OC. The molecule has 0 bridgehead atoms. The summed E-state index contributed by atoms with van der Waals surface area (Å²) in [6.07, 6.45) is 0. The van der Waals surface area contributed by atoms with Crippen LogP contribution in [0, 0.1) is 6.92 Å². The summed E-state index contributed by atoms with van der Waals surface area (Å²) >= 11 is 0. The largest absolute Gasteiger partial charge is 0.493 e. The number of fused-ring (bicyclic) bond motifs is 2. The Labute approximate surface area is 182 Å². The van der Waals surface area contributed by atoms with Gasteiger partial charge in [-0.3, -0.25) is 0 Å². The van der Waals surface area contributed by atoms with Crippen molar-refractivity contribution >= 4 is 36.3 Å². The maximum atomic E-state index is 9.03. The van der Waals surface area contributed by atoms with Gasteiger partial charge in [-0.05, 0) is 56.5 Å². The molecule has 0 spiro atoms. The molecule has 3 aromatic carbocycles. The van der Waals surface area contributed by atoms with Crippen LogP contribution in [0.2, 0.25) is 13.1 Å². The smallest absolute Gasteiger partial charge is 0.168 e. The summed E-state index contributed by atoms with van der Waals surface area (Å²) in [5.41, 5.74) is 13.8. The molecule has 1 aliphatic heterocycles. The summed E-state index contributed by atoms with van der Waals surface area (Å²) in [5.74, 6) is 1.15. The van der Waals surface area contributed by atoms with E-state index in [0.29, 0.717) is 17.2 Å². The molecular weight excluding hydrogens is 402 g/mol. The fraction of sp³-hybridized carbons (Fsp3) is 0.200. The molecule has 0 amide bonds. The number of hydrogen-bond donors (Lipinski definition) is 0. The lowest BCUT2D eigenvalue weighted by Gasteiger charge is -2.33. The van der Waals surface area contributed by atoms with Gasteiger partial charge in [-0.1, -0.05) is 66.7 Å². The lowest BCUT2D eigenvalue weighted by atomic mass is 9.92. The van der Waals surface area contributed by atoms with E-state index in [9.17, 15) is 0 Å². The molecule has 0 saturated carbocycles. The van der Waals surface area contributed by atoms with Gasteiger partial charge in [-0.2, -0.15) is 0 Å². The summed E-state index contributed by atoms with van der Waals surface area (Å²) in [7, 11) is 1.26. The molecule has 5 nitrogen and oxygen atoms in total. The monoisotopic (exact) mass is 427 g/mol. The topological polar surface area (TPSA) is 67.2 Å². The highest BCUT2D eigenvalue weighted by Crippen LogP contribution is 2.41. The van der Waals surface area contributed by atoms with Crippen molar-refractivity contribution in [1.82, 2.24) is 0 Å². The minimum Gasteiger partial charge on any atom is -0.493 e. The summed E-state index contributed by atoms with van der Waals surface area (Å²) in [6.45, 7) is 11.1. The Morgan fingerprint density at radius 3 is 2.39 bits per heavy atom. The van der Waals surface area contributed by atoms with Gasteiger partial charge >= 0.3 is 0 Å². The molecule has 0 aromatic heterocycles. The van der Waals surface area contributed by atoms with Crippen molar-refractivity contribution in [3.8, 4) is 11.5 Å². The Morgan fingerprint density at radius 1 is 0.935 bits per heavy atom. The first kappa shape index (κ1) is 20.8. The average molecular weight is 428 g/mol. The Morgan fingerprint density at radius 2 is 1.71 bits per heavy atom. The van der Waals surface area contributed by atoms with Crippen molar-refractivity contribution in [3.63, 3.8) is 0 Å². The van der Waals surface area contributed by atoms with E-state index in [0.717, 1.165) is 16.4 Å². The molecule has 3 aromatic rings. The number of rotatable bonds is 4. The predicted molar refractivity (Wildman–Crippen MR) is 129 cm³/mol. The molecule has 156 valence electrons. The fourth-order valence-corrected chi connectivity index (χ4v) is 7.73. The molecular formula is C25H25N3O2Si. The number of methoxy groups -OCH3 is 2. The number of benzene rings is 3. The second-order valence-corrected chi connectivity index (χ2v) is 12.7. The second kappa shape index (κ2) is 7.65. The number of nitrogens with zero attached hydrogens (tertiary/aromatic N) is 3. The van der Waals surface area contributed by atoms with E-state index in [4.69, 9.17) is 15.0 Å². The molecule has 0 saturated heterocycles. The van der Waals surface area contributed by atoms with Crippen molar-refractivity contribution in [2.45, 2.75) is 20.0 Å². The van der Waals surface area contributed by atoms with E-state index in [1.165, 1.54) is 26.7 Å². The van der Waals surface area contributed by atoms with Gasteiger partial charge in [0.05, 0.1) is 14.2 Å². The average Bonchev–Trinajstić information content (AvgIpc) is 2.74. The highest BCUT2D eigenvalue weighted by molar-refractivity contribution is 7.01. The quantitative estimate of drug-likeness (QED) is 0.275. The summed E-state index contributed by atoms with van der Waals surface area (Å²) in [5, 5.41) is 8.72. The zero-order valence-corrected chi connectivity index (χ0v) is 19.5. The van der Waals surface area contributed by atoms with Crippen LogP contribution in [0.3, 0.4) is 0 Å². The Hall–Kier alpha value is -3.47. The molecule has 0 unspecified atom stereocenters. The Kier molecular flexibility index (Phi) is 5.13. The zero-order valence-electron chi connectivity index (χ0n) is 18.5. The zero-order chi connectivity index (χ0) is 22.3. The molecule has 4 rings (SSSR count). The standard InChI is InChI=1S/C25H25N3O2Si/c1-15-7-9-18-22(11-15)31(5,6)23-12-16(2)8-10-19(23)24(18)20-13-17(27-28-26)14-21(29-3)25(20)30-4/h7-14H,1H2,2-6H3. The first-order valence-corrected chi connectivity index (χ1v) is 13.1. The van der Waals surface area contributed by atoms with Gasteiger partial charge in [0.15, 0.2) is 11.5 Å². The Balaban J connectivity index is 2.25. The third kappa shape index (κ3) is 3.30. The molecule has 1 aliphatic rings. The predicted octanol–water partition coefficient (Wildman–Crippen LogP) is 3.75. The molecule has 0 radical (unpaired) electrons. The van der Waals surface area contributed by atoms with Crippen molar-refractivity contribution in [1.29, 1.82) is 0 Å². The van der Waals surface area contributed by atoms with E-state index >= 15 is 0 Å². The highest BCUT2D eigenvalue weighted by atomic mass is 28.3. The summed E-state index contributed by atoms with van der Waals surface area (Å²) < 4.78 is 11.4. The normalized spacial score (nSPS) is 13.6.